The van der Waals surface area contributed by atoms with Crippen LogP contribution in [-0.4, -0.2) is 0 Å². The third-order valence-corrected chi connectivity index (χ3v) is 2.66. The van der Waals surface area contributed by atoms with Crippen LogP contribution in [0.4, 0.5) is 8.78 Å². The smallest absolute Gasteiger partial charge is 0.131 e. The van der Waals surface area contributed by atoms with Gasteiger partial charge in [-0.2, -0.15) is 0 Å². The minimum atomic E-state index is -0.343. The lowest BCUT2D eigenvalue weighted by molar-refractivity contribution is 0.625. The van der Waals surface area contributed by atoms with E-state index in [0.29, 0.717) is 16.7 Å². The molecule has 0 atom stereocenters. The molecule has 2 aromatic rings. The normalized spacial score (nSPS) is 10.4. The van der Waals surface area contributed by atoms with E-state index in [-0.39, 0.29) is 17.5 Å². The maximum atomic E-state index is 13.7. The summed E-state index contributed by atoms with van der Waals surface area (Å²) in [4.78, 5) is 0. The summed E-state index contributed by atoms with van der Waals surface area (Å²) < 4.78 is 26.4. The van der Waals surface area contributed by atoms with Gasteiger partial charge in [-0.05, 0) is 29.3 Å². The Hall–Kier alpha value is -1.41. The predicted molar refractivity (Wildman–Crippen MR) is 61.4 cm³/mol. The van der Waals surface area contributed by atoms with Gasteiger partial charge in [0.1, 0.15) is 11.6 Å². The van der Waals surface area contributed by atoms with Crippen molar-refractivity contribution in [3.63, 3.8) is 0 Å². The van der Waals surface area contributed by atoms with Crippen molar-refractivity contribution in [1.82, 2.24) is 0 Å². The first-order valence-corrected chi connectivity index (χ1v) is 5.35. The molecule has 0 saturated heterocycles. The Bertz CT molecular complexity index is 492. The Morgan fingerprint density at radius 1 is 0.938 bits per heavy atom. The molecule has 0 bridgehead atoms. The van der Waals surface area contributed by atoms with Crippen LogP contribution in [0.15, 0.2) is 42.5 Å². The van der Waals surface area contributed by atoms with Crippen molar-refractivity contribution in [2.45, 2.75) is 5.88 Å². The Morgan fingerprint density at radius 2 is 1.62 bits per heavy atom. The summed E-state index contributed by atoms with van der Waals surface area (Å²) in [6, 6.07) is 10.4. The van der Waals surface area contributed by atoms with Crippen molar-refractivity contribution in [2.75, 3.05) is 0 Å². The molecule has 2 rings (SSSR count). The maximum Gasteiger partial charge on any atom is 0.131 e. The first-order valence-electron chi connectivity index (χ1n) is 4.81. The van der Waals surface area contributed by atoms with Crippen LogP contribution in [0, 0.1) is 11.6 Å². The molecule has 0 aliphatic carbocycles. The molecule has 0 heterocycles. The predicted octanol–water partition coefficient (Wildman–Crippen LogP) is 4.37. The fourth-order valence-corrected chi connectivity index (χ4v) is 1.84. The van der Waals surface area contributed by atoms with E-state index in [0.717, 1.165) is 0 Å². The standard InChI is InChI=1S/C13H9ClF2/c14-8-10-2-1-3-12(16)13(10)9-4-6-11(15)7-5-9/h1-7H,8H2. The number of hydrogen-bond donors (Lipinski definition) is 0. The summed E-state index contributed by atoms with van der Waals surface area (Å²) in [7, 11) is 0. The van der Waals surface area contributed by atoms with E-state index < -0.39 is 0 Å². The third-order valence-electron chi connectivity index (χ3n) is 2.38. The van der Waals surface area contributed by atoms with Crippen LogP contribution < -0.4 is 0 Å². The van der Waals surface area contributed by atoms with Crippen molar-refractivity contribution in [1.29, 1.82) is 0 Å². The van der Waals surface area contributed by atoms with Crippen LogP contribution in [0.5, 0.6) is 0 Å². The van der Waals surface area contributed by atoms with Gasteiger partial charge in [-0.15, -0.1) is 11.6 Å². The molecule has 0 radical (unpaired) electrons. The van der Waals surface area contributed by atoms with Gasteiger partial charge in [0.25, 0.3) is 0 Å². The van der Waals surface area contributed by atoms with Crippen LogP contribution in [0.2, 0.25) is 0 Å². The Labute approximate surface area is 97.5 Å². The quantitative estimate of drug-likeness (QED) is 0.682. The lowest BCUT2D eigenvalue weighted by Gasteiger charge is -2.08. The zero-order valence-electron chi connectivity index (χ0n) is 8.38. The molecule has 16 heavy (non-hydrogen) atoms. The van der Waals surface area contributed by atoms with Crippen LogP contribution in [0.25, 0.3) is 11.1 Å². The molecule has 0 spiro atoms. The van der Waals surface area contributed by atoms with Gasteiger partial charge in [0.15, 0.2) is 0 Å². The van der Waals surface area contributed by atoms with Crippen LogP contribution in [-0.2, 0) is 5.88 Å². The summed E-state index contributed by atoms with van der Waals surface area (Å²) in [6.45, 7) is 0. The minimum Gasteiger partial charge on any atom is -0.207 e. The summed E-state index contributed by atoms with van der Waals surface area (Å²) in [5.41, 5.74) is 1.78. The molecule has 0 N–H and O–H groups in total. The van der Waals surface area contributed by atoms with E-state index in [4.69, 9.17) is 11.6 Å². The van der Waals surface area contributed by atoms with Gasteiger partial charge in [0.2, 0.25) is 0 Å². The SMILES string of the molecule is Fc1ccc(-c2c(F)cccc2CCl)cc1. The average molecular weight is 239 g/mol. The van der Waals surface area contributed by atoms with E-state index >= 15 is 0 Å². The topological polar surface area (TPSA) is 0 Å². The van der Waals surface area contributed by atoms with Crippen molar-refractivity contribution in [3.8, 4) is 11.1 Å². The second-order valence-corrected chi connectivity index (χ2v) is 3.68. The average Bonchev–Trinajstić information content (AvgIpc) is 2.30. The Kier molecular flexibility index (Phi) is 3.20. The molecule has 0 nitrogen and oxygen atoms in total. The van der Waals surface area contributed by atoms with Crippen molar-refractivity contribution < 1.29 is 8.78 Å². The monoisotopic (exact) mass is 238 g/mol. The molecule has 0 amide bonds. The van der Waals surface area contributed by atoms with Crippen LogP contribution >= 0.6 is 11.6 Å². The summed E-state index contributed by atoms with van der Waals surface area (Å²) in [5.74, 6) is -0.456. The van der Waals surface area contributed by atoms with E-state index in [1.54, 1.807) is 24.3 Å². The van der Waals surface area contributed by atoms with E-state index in [1.807, 2.05) is 0 Å². The fraction of sp³-hybridized carbons (Fsp3) is 0.0769. The number of halogens is 3. The third kappa shape index (κ3) is 2.07. The van der Waals surface area contributed by atoms with Crippen molar-refractivity contribution >= 4 is 11.6 Å². The number of rotatable bonds is 2. The lowest BCUT2D eigenvalue weighted by atomic mass is 10.00. The molecule has 0 aliphatic rings. The molecule has 0 aromatic heterocycles. The van der Waals surface area contributed by atoms with Gasteiger partial charge in [0, 0.05) is 11.4 Å². The molecular formula is C13H9ClF2. The second-order valence-electron chi connectivity index (χ2n) is 3.41. The zero-order chi connectivity index (χ0) is 11.5. The summed E-state index contributed by atoms with van der Waals surface area (Å²) >= 11 is 5.74. The fourth-order valence-electron chi connectivity index (χ4n) is 1.62. The highest BCUT2D eigenvalue weighted by atomic mass is 35.5. The number of alkyl halides is 1. The summed E-state index contributed by atoms with van der Waals surface area (Å²) in [6.07, 6.45) is 0. The van der Waals surface area contributed by atoms with E-state index in [1.165, 1.54) is 18.2 Å². The van der Waals surface area contributed by atoms with Gasteiger partial charge in [0.05, 0.1) is 0 Å². The molecule has 82 valence electrons. The maximum absolute atomic E-state index is 13.7. The number of benzene rings is 2. The van der Waals surface area contributed by atoms with E-state index in [2.05, 4.69) is 0 Å². The first-order chi connectivity index (χ1) is 7.72. The molecule has 0 fully saturated rings. The second kappa shape index (κ2) is 4.62. The largest absolute Gasteiger partial charge is 0.207 e. The minimum absolute atomic E-state index is 0.227. The van der Waals surface area contributed by atoms with Gasteiger partial charge < -0.3 is 0 Å². The van der Waals surface area contributed by atoms with Gasteiger partial charge >= 0.3 is 0 Å². The zero-order valence-corrected chi connectivity index (χ0v) is 9.14. The highest BCUT2D eigenvalue weighted by molar-refractivity contribution is 6.17. The summed E-state index contributed by atoms with van der Waals surface area (Å²) in [5, 5.41) is 0. The number of hydrogen-bond acceptors (Lipinski definition) is 0. The van der Waals surface area contributed by atoms with Crippen LogP contribution in [0.1, 0.15) is 5.56 Å². The Balaban J connectivity index is 2.58. The molecule has 3 heteroatoms. The highest BCUT2D eigenvalue weighted by Gasteiger charge is 2.09. The van der Waals surface area contributed by atoms with Crippen molar-refractivity contribution in [3.05, 3.63) is 59.7 Å². The van der Waals surface area contributed by atoms with Gasteiger partial charge in [-0.1, -0.05) is 24.3 Å². The molecule has 2 aromatic carbocycles. The first kappa shape index (κ1) is 11.1. The molecular weight excluding hydrogens is 230 g/mol. The van der Waals surface area contributed by atoms with Crippen molar-refractivity contribution in [2.24, 2.45) is 0 Å². The van der Waals surface area contributed by atoms with Gasteiger partial charge in [-0.3, -0.25) is 0 Å². The van der Waals surface area contributed by atoms with E-state index in [9.17, 15) is 8.78 Å². The lowest BCUT2D eigenvalue weighted by Crippen LogP contribution is -1.91. The molecule has 0 unspecified atom stereocenters. The molecule has 0 aliphatic heterocycles. The van der Waals surface area contributed by atoms with Crippen LogP contribution in [0.3, 0.4) is 0 Å². The Morgan fingerprint density at radius 3 is 2.25 bits per heavy atom. The molecule has 0 saturated carbocycles. The van der Waals surface area contributed by atoms with Gasteiger partial charge in [-0.25, -0.2) is 8.78 Å². The highest BCUT2D eigenvalue weighted by Crippen LogP contribution is 2.28.